The summed E-state index contributed by atoms with van der Waals surface area (Å²) < 4.78 is 6.06. The van der Waals surface area contributed by atoms with E-state index >= 15 is 0 Å². The number of nitrogens with one attached hydrogen (secondary N) is 1. The molecule has 1 aromatic heterocycles. The number of rotatable bonds is 6. The second-order valence-corrected chi connectivity index (χ2v) is 6.02. The maximum atomic E-state index is 11.8. The first-order chi connectivity index (χ1) is 10.0. The van der Waals surface area contributed by atoms with E-state index < -0.39 is 0 Å². The minimum Gasteiger partial charge on any atom is -0.453 e. The fourth-order valence-electron chi connectivity index (χ4n) is 2.31. The number of hydrogen-bond acceptors (Lipinski definition) is 4. The molecule has 2 rings (SSSR count). The van der Waals surface area contributed by atoms with Crippen molar-refractivity contribution in [2.75, 3.05) is 33.2 Å². The molecule has 1 fully saturated rings. The molecule has 1 aromatic rings. The van der Waals surface area contributed by atoms with Crippen LogP contribution < -0.4 is 5.32 Å². The average Bonchev–Trinajstić information content (AvgIpc) is 3.07. The molecular formula is C14H20BrN3O3. The maximum absolute atomic E-state index is 11.8. The van der Waals surface area contributed by atoms with Crippen molar-refractivity contribution in [3.05, 3.63) is 22.6 Å². The van der Waals surface area contributed by atoms with Crippen molar-refractivity contribution in [1.82, 2.24) is 15.1 Å². The first kappa shape index (κ1) is 16.0. The summed E-state index contributed by atoms with van der Waals surface area (Å²) in [4.78, 5) is 27.2. The molecule has 2 heterocycles. The number of amides is 2. The molecular weight excluding hydrogens is 338 g/mol. The molecule has 0 bridgehead atoms. The van der Waals surface area contributed by atoms with Gasteiger partial charge in [0.15, 0.2) is 4.67 Å². The van der Waals surface area contributed by atoms with Gasteiger partial charge in [0.05, 0.1) is 19.6 Å². The van der Waals surface area contributed by atoms with Crippen LogP contribution in [-0.4, -0.2) is 54.8 Å². The standard InChI is InChI=1S/C14H20BrN3O3/c1-17(9-11-4-5-12(15)21-11)10-13(19)16-8-14(20)18-6-2-3-7-18/h4-5H,2-3,6-10H2,1H3,(H,16,19). The molecule has 1 N–H and O–H groups in total. The monoisotopic (exact) mass is 357 g/mol. The number of likely N-dealkylation sites (N-methyl/N-ethyl adjacent to an activating group) is 1. The number of halogens is 1. The topological polar surface area (TPSA) is 65.8 Å². The number of carbonyl (C=O) groups is 2. The van der Waals surface area contributed by atoms with Crippen LogP contribution in [0.2, 0.25) is 0 Å². The minimum absolute atomic E-state index is 0.00142. The highest BCUT2D eigenvalue weighted by atomic mass is 79.9. The Morgan fingerprint density at radius 2 is 2.10 bits per heavy atom. The molecule has 7 heteroatoms. The highest BCUT2D eigenvalue weighted by molar-refractivity contribution is 9.10. The molecule has 1 aliphatic heterocycles. The van der Waals surface area contributed by atoms with Crippen LogP contribution in [0.4, 0.5) is 0 Å². The van der Waals surface area contributed by atoms with Crippen molar-refractivity contribution in [1.29, 1.82) is 0 Å². The number of hydrogen-bond donors (Lipinski definition) is 1. The van der Waals surface area contributed by atoms with E-state index in [4.69, 9.17) is 4.42 Å². The molecule has 0 aliphatic carbocycles. The van der Waals surface area contributed by atoms with Gasteiger partial charge in [0.25, 0.3) is 0 Å². The van der Waals surface area contributed by atoms with Gasteiger partial charge in [0.2, 0.25) is 11.8 Å². The van der Waals surface area contributed by atoms with Crippen molar-refractivity contribution in [2.45, 2.75) is 19.4 Å². The summed E-state index contributed by atoms with van der Waals surface area (Å²) in [6, 6.07) is 3.67. The van der Waals surface area contributed by atoms with Crippen molar-refractivity contribution in [2.24, 2.45) is 0 Å². The Morgan fingerprint density at radius 3 is 2.71 bits per heavy atom. The first-order valence-corrected chi connectivity index (χ1v) is 7.81. The summed E-state index contributed by atoms with van der Waals surface area (Å²) >= 11 is 3.24. The molecule has 2 amide bonds. The molecule has 0 radical (unpaired) electrons. The van der Waals surface area contributed by atoms with Gasteiger partial charge >= 0.3 is 0 Å². The van der Waals surface area contributed by atoms with Crippen molar-refractivity contribution < 1.29 is 14.0 Å². The van der Waals surface area contributed by atoms with E-state index in [-0.39, 0.29) is 24.9 Å². The number of furan rings is 1. The van der Waals surface area contributed by atoms with Crippen molar-refractivity contribution >= 4 is 27.7 Å². The Bertz CT molecular complexity index is 497. The molecule has 0 aromatic carbocycles. The van der Waals surface area contributed by atoms with Crippen LogP contribution in [0.15, 0.2) is 21.2 Å². The SMILES string of the molecule is CN(CC(=O)NCC(=O)N1CCCC1)Cc1ccc(Br)o1. The van der Waals surface area contributed by atoms with Crippen LogP contribution in [-0.2, 0) is 16.1 Å². The zero-order valence-corrected chi connectivity index (χ0v) is 13.7. The Balaban J connectivity index is 1.67. The van der Waals surface area contributed by atoms with Gasteiger partial charge in [-0.25, -0.2) is 0 Å². The van der Waals surface area contributed by atoms with E-state index in [9.17, 15) is 9.59 Å². The zero-order valence-electron chi connectivity index (χ0n) is 12.1. The molecule has 1 saturated heterocycles. The quantitative estimate of drug-likeness (QED) is 0.830. The normalized spacial score (nSPS) is 14.7. The molecule has 0 saturated carbocycles. The smallest absolute Gasteiger partial charge is 0.241 e. The number of nitrogens with zero attached hydrogens (tertiary/aromatic N) is 2. The largest absolute Gasteiger partial charge is 0.453 e. The molecule has 0 spiro atoms. The van der Waals surface area contributed by atoms with Gasteiger partial charge in [0, 0.05) is 13.1 Å². The minimum atomic E-state index is -0.157. The fraction of sp³-hybridized carbons (Fsp3) is 0.571. The molecule has 6 nitrogen and oxygen atoms in total. The van der Waals surface area contributed by atoms with Gasteiger partial charge < -0.3 is 14.6 Å². The van der Waals surface area contributed by atoms with E-state index in [1.54, 1.807) is 4.90 Å². The lowest BCUT2D eigenvalue weighted by atomic mass is 10.4. The van der Waals surface area contributed by atoms with Crippen molar-refractivity contribution in [3.8, 4) is 0 Å². The second kappa shape index (κ2) is 7.61. The van der Waals surface area contributed by atoms with E-state index in [0.717, 1.165) is 31.7 Å². The van der Waals surface area contributed by atoms with Gasteiger partial charge in [-0.2, -0.15) is 0 Å². The van der Waals surface area contributed by atoms with Crippen LogP contribution >= 0.6 is 15.9 Å². The van der Waals surface area contributed by atoms with Gasteiger partial charge in [0.1, 0.15) is 5.76 Å². The summed E-state index contributed by atoms with van der Waals surface area (Å²) in [5.41, 5.74) is 0. The summed E-state index contributed by atoms with van der Waals surface area (Å²) in [6.45, 7) is 2.47. The maximum Gasteiger partial charge on any atom is 0.241 e. The van der Waals surface area contributed by atoms with Crippen LogP contribution in [0.5, 0.6) is 0 Å². The van der Waals surface area contributed by atoms with Gasteiger partial charge in [-0.1, -0.05) is 0 Å². The van der Waals surface area contributed by atoms with Crippen molar-refractivity contribution in [3.63, 3.8) is 0 Å². The Hall–Kier alpha value is -1.34. The van der Waals surface area contributed by atoms with Crippen LogP contribution in [0, 0.1) is 0 Å². The Morgan fingerprint density at radius 1 is 1.38 bits per heavy atom. The number of likely N-dealkylation sites (tertiary alicyclic amines) is 1. The second-order valence-electron chi connectivity index (χ2n) is 5.24. The van der Waals surface area contributed by atoms with E-state index in [1.165, 1.54) is 0 Å². The van der Waals surface area contributed by atoms with Gasteiger partial charge in [-0.3, -0.25) is 14.5 Å². The molecule has 116 valence electrons. The predicted molar refractivity (Wildman–Crippen MR) is 81.6 cm³/mol. The van der Waals surface area contributed by atoms with E-state index in [2.05, 4.69) is 21.2 Å². The third-order valence-corrected chi connectivity index (χ3v) is 3.79. The predicted octanol–water partition coefficient (Wildman–Crippen LogP) is 1.21. The molecule has 21 heavy (non-hydrogen) atoms. The van der Waals surface area contributed by atoms with Crippen LogP contribution in [0.25, 0.3) is 0 Å². The Labute approximate surface area is 132 Å². The third kappa shape index (κ3) is 5.17. The fourth-order valence-corrected chi connectivity index (χ4v) is 2.65. The lowest BCUT2D eigenvalue weighted by Gasteiger charge is -2.17. The average molecular weight is 358 g/mol. The molecule has 0 atom stereocenters. The highest BCUT2D eigenvalue weighted by Gasteiger charge is 2.18. The van der Waals surface area contributed by atoms with Gasteiger partial charge in [-0.05, 0) is 48.0 Å². The summed E-state index contributed by atoms with van der Waals surface area (Å²) in [5, 5.41) is 2.67. The lowest BCUT2D eigenvalue weighted by molar-refractivity contribution is -0.132. The summed E-state index contributed by atoms with van der Waals surface area (Å²) in [6.07, 6.45) is 2.11. The highest BCUT2D eigenvalue weighted by Crippen LogP contribution is 2.15. The van der Waals surface area contributed by atoms with E-state index in [1.807, 2.05) is 24.1 Å². The van der Waals surface area contributed by atoms with Crippen LogP contribution in [0.3, 0.4) is 0 Å². The molecule has 1 aliphatic rings. The summed E-state index contributed by atoms with van der Waals surface area (Å²) in [7, 11) is 1.83. The third-order valence-electron chi connectivity index (χ3n) is 3.36. The Kier molecular flexibility index (Phi) is 5.81. The van der Waals surface area contributed by atoms with Gasteiger partial charge in [-0.15, -0.1) is 0 Å². The van der Waals surface area contributed by atoms with E-state index in [0.29, 0.717) is 11.2 Å². The first-order valence-electron chi connectivity index (χ1n) is 7.02. The lowest BCUT2D eigenvalue weighted by Crippen LogP contribution is -2.42. The molecule has 0 unspecified atom stereocenters. The van der Waals surface area contributed by atoms with Crippen LogP contribution in [0.1, 0.15) is 18.6 Å². The zero-order chi connectivity index (χ0) is 15.2. The summed E-state index contributed by atoms with van der Waals surface area (Å²) in [5.74, 6) is 0.624. The number of carbonyl (C=O) groups excluding carboxylic acids is 2.